The summed E-state index contributed by atoms with van der Waals surface area (Å²) in [7, 11) is 0. The van der Waals surface area contributed by atoms with Crippen molar-refractivity contribution in [2.24, 2.45) is 0 Å². The van der Waals surface area contributed by atoms with Crippen LogP contribution in [0.15, 0.2) is 17.5 Å². The molecule has 1 aromatic rings. The summed E-state index contributed by atoms with van der Waals surface area (Å²) >= 11 is 1.68. The van der Waals surface area contributed by atoms with Crippen molar-refractivity contribution in [3.05, 3.63) is 22.4 Å². The van der Waals surface area contributed by atoms with Gasteiger partial charge < -0.3 is 19.9 Å². The van der Waals surface area contributed by atoms with Crippen LogP contribution < -0.4 is 5.32 Å². The van der Waals surface area contributed by atoms with Crippen molar-refractivity contribution < 1.29 is 14.6 Å². The minimum absolute atomic E-state index is 0.365. The number of ether oxygens (including phenoxy) is 2. The topological polar surface area (TPSA) is 50.7 Å². The van der Waals surface area contributed by atoms with Gasteiger partial charge in [-0.25, -0.2) is 0 Å². The van der Waals surface area contributed by atoms with Crippen molar-refractivity contribution in [2.45, 2.75) is 50.2 Å². The Balaban J connectivity index is 1.30. The first kappa shape index (κ1) is 13.5. The Hall–Kier alpha value is -0.460. The molecule has 4 unspecified atom stereocenters. The van der Waals surface area contributed by atoms with Crippen LogP contribution in [0.4, 0.5) is 0 Å². The fourth-order valence-corrected chi connectivity index (χ4v) is 3.53. The summed E-state index contributed by atoms with van der Waals surface area (Å²) in [6.45, 7) is 1.56. The molecule has 2 aliphatic heterocycles. The average molecular weight is 283 g/mol. The molecule has 2 saturated heterocycles. The minimum atomic E-state index is -0.445. The third kappa shape index (κ3) is 3.55. The van der Waals surface area contributed by atoms with Crippen LogP contribution in [-0.4, -0.2) is 42.6 Å². The molecule has 5 heteroatoms. The Labute approximate surface area is 117 Å². The Kier molecular flexibility index (Phi) is 4.50. The third-order valence-corrected chi connectivity index (χ3v) is 4.71. The molecule has 4 nitrogen and oxygen atoms in total. The first-order valence-corrected chi connectivity index (χ1v) is 7.86. The second kappa shape index (κ2) is 6.33. The number of aliphatic hydroxyl groups is 1. The monoisotopic (exact) mass is 283 g/mol. The molecule has 0 spiro atoms. The first-order valence-electron chi connectivity index (χ1n) is 6.98. The summed E-state index contributed by atoms with van der Waals surface area (Å²) in [5, 5.41) is 15.3. The molecule has 2 bridgehead atoms. The van der Waals surface area contributed by atoms with E-state index in [9.17, 15) is 5.11 Å². The summed E-state index contributed by atoms with van der Waals surface area (Å²) in [5.41, 5.74) is 0. The fraction of sp³-hybridized carbons (Fsp3) is 0.714. The summed E-state index contributed by atoms with van der Waals surface area (Å²) in [5.74, 6) is 0. The lowest BCUT2D eigenvalue weighted by atomic mass is 9.95. The zero-order valence-electron chi connectivity index (χ0n) is 11.0. The average Bonchev–Trinajstić information content (AvgIpc) is 3.13. The number of fused-ring (bicyclic) bond motifs is 2. The zero-order chi connectivity index (χ0) is 13.1. The molecular formula is C14H21NO3S. The highest BCUT2D eigenvalue weighted by atomic mass is 32.1. The third-order valence-electron chi connectivity index (χ3n) is 3.86. The van der Waals surface area contributed by atoms with Crippen molar-refractivity contribution in [3.8, 4) is 0 Å². The first-order chi connectivity index (χ1) is 9.31. The highest BCUT2D eigenvalue weighted by molar-refractivity contribution is 7.09. The standard InChI is InChI=1S/C14H21NO3S/c16-10(8-17-9-12-2-1-5-19-12)7-15-13-6-11-3-4-14(13)18-11/h1-2,5,10-11,13-16H,3-4,6-9H2. The zero-order valence-corrected chi connectivity index (χ0v) is 11.8. The molecule has 0 aromatic carbocycles. The lowest BCUT2D eigenvalue weighted by molar-refractivity contribution is 0.0268. The lowest BCUT2D eigenvalue weighted by Gasteiger charge is -2.21. The van der Waals surface area contributed by atoms with E-state index in [1.54, 1.807) is 11.3 Å². The predicted molar refractivity (Wildman–Crippen MR) is 74.3 cm³/mol. The normalized spacial score (nSPS) is 30.9. The summed E-state index contributed by atoms with van der Waals surface area (Å²) < 4.78 is 11.3. The Bertz CT molecular complexity index is 384. The molecule has 0 amide bonds. The van der Waals surface area contributed by atoms with E-state index in [2.05, 4.69) is 5.32 Å². The predicted octanol–water partition coefficient (Wildman–Crippen LogP) is 1.54. The van der Waals surface area contributed by atoms with E-state index in [1.165, 1.54) is 11.3 Å². The maximum absolute atomic E-state index is 9.88. The van der Waals surface area contributed by atoms with E-state index in [0.717, 1.165) is 12.8 Å². The molecule has 0 aliphatic carbocycles. The molecule has 2 fully saturated rings. The van der Waals surface area contributed by atoms with E-state index >= 15 is 0 Å². The Morgan fingerprint density at radius 2 is 2.47 bits per heavy atom. The molecule has 3 rings (SSSR count). The number of aliphatic hydroxyl groups excluding tert-OH is 1. The van der Waals surface area contributed by atoms with Crippen LogP contribution in [0.5, 0.6) is 0 Å². The van der Waals surface area contributed by atoms with E-state index in [4.69, 9.17) is 9.47 Å². The number of rotatable bonds is 7. The van der Waals surface area contributed by atoms with Gasteiger partial charge >= 0.3 is 0 Å². The second-order valence-corrected chi connectivity index (χ2v) is 6.40. The van der Waals surface area contributed by atoms with Crippen molar-refractivity contribution >= 4 is 11.3 Å². The molecule has 0 saturated carbocycles. The van der Waals surface area contributed by atoms with Gasteiger partial charge in [0.05, 0.1) is 31.5 Å². The lowest BCUT2D eigenvalue weighted by Crippen LogP contribution is -2.42. The van der Waals surface area contributed by atoms with Gasteiger partial charge in [-0.15, -0.1) is 11.3 Å². The van der Waals surface area contributed by atoms with Crippen molar-refractivity contribution in [3.63, 3.8) is 0 Å². The van der Waals surface area contributed by atoms with E-state index in [1.807, 2.05) is 17.5 Å². The molecule has 19 heavy (non-hydrogen) atoms. The van der Waals surface area contributed by atoms with E-state index < -0.39 is 6.10 Å². The van der Waals surface area contributed by atoms with Crippen LogP contribution in [0.1, 0.15) is 24.1 Å². The maximum Gasteiger partial charge on any atom is 0.0897 e. The van der Waals surface area contributed by atoms with Gasteiger partial charge in [-0.05, 0) is 30.7 Å². The van der Waals surface area contributed by atoms with Gasteiger partial charge in [-0.3, -0.25) is 0 Å². The van der Waals surface area contributed by atoms with Crippen LogP contribution in [-0.2, 0) is 16.1 Å². The molecule has 4 atom stereocenters. The van der Waals surface area contributed by atoms with Crippen molar-refractivity contribution in [1.82, 2.24) is 5.32 Å². The molecule has 1 aromatic heterocycles. The number of hydrogen-bond donors (Lipinski definition) is 2. The van der Waals surface area contributed by atoms with Gasteiger partial charge in [0, 0.05) is 17.5 Å². The van der Waals surface area contributed by atoms with Gasteiger partial charge in [0.2, 0.25) is 0 Å². The highest BCUT2D eigenvalue weighted by Gasteiger charge is 2.40. The number of thiophene rings is 1. The van der Waals surface area contributed by atoms with Crippen LogP contribution in [0, 0.1) is 0 Å². The largest absolute Gasteiger partial charge is 0.389 e. The van der Waals surface area contributed by atoms with Crippen LogP contribution in [0.25, 0.3) is 0 Å². The van der Waals surface area contributed by atoms with E-state index in [-0.39, 0.29) is 0 Å². The van der Waals surface area contributed by atoms with Crippen molar-refractivity contribution in [2.75, 3.05) is 13.2 Å². The Morgan fingerprint density at radius 3 is 3.16 bits per heavy atom. The maximum atomic E-state index is 9.88. The van der Waals surface area contributed by atoms with E-state index in [0.29, 0.717) is 38.0 Å². The second-order valence-electron chi connectivity index (χ2n) is 5.37. The SMILES string of the molecule is OC(CNC1CC2CCC1O2)COCc1cccs1. The van der Waals surface area contributed by atoms with Crippen LogP contribution >= 0.6 is 11.3 Å². The molecule has 106 valence electrons. The number of nitrogens with one attached hydrogen (secondary N) is 1. The van der Waals surface area contributed by atoms with Gasteiger partial charge in [0.15, 0.2) is 0 Å². The van der Waals surface area contributed by atoms with Crippen molar-refractivity contribution in [1.29, 1.82) is 0 Å². The molecular weight excluding hydrogens is 262 g/mol. The summed E-state index contributed by atoms with van der Waals surface area (Å²) in [6.07, 6.45) is 3.83. The summed E-state index contributed by atoms with van der Waals surface area (Å²) in [6, 6.07) is 4.48. The van der Waals surface area contributed by atoms with Gasteiger partial charge in [-0.1, -0.05) is 6.07 Å². The van der Waals surface area contributed by atoms with Gasteiger partial charge in [-0.2, -0.15) is 0 Å². The molecule has 2 N–H and O–H groups in total. The van der Waals surface area contributed by atoms with Gasteiger partial charge in [0.25, 0.3) is 0 Å². The smallest absolute Gasteiger partial charge is 0.0897 e. The molecule has 0 radical (unpaired) electrons. The van der Waals surface area contributed by atoms with Gasteiger partial charge in [0.1, 0.15) is 0 Å². The highest BCUT2D eigenvalue weighted by Crippen LogP contribution is 2.34. The fourth-order valence-electron chi connectivity index (χ4n) is 2.89. The summed E-state index contributed by atoms with van der Waals surface area (Å²) in [4.78, 5) is 1.20. The number of hydrogen-bond acceptors (Lipinski definition) is 5. The van der Waals surface area contributed by atoms with Crippen LogP contribution in [0.2, 0.25) is 0 Å². The molecule has 3 heterocycles. The molecule has 2 aliphatic rings. The quantitative estimate of drug-likeness (QED) is 0.797. The Morgan fingerprint density at radius 1 is 1.53 bits per heavy atom. The van der Waals surface area contributed by atoms with Crippen LogP contribution in [0.3, 0.4) is 0 Å². The minimum Gasteiger partial charge on any atom is -0.389 e.